The van der Waals surface area contributed by atoms with Gasteiger partial charge in [0, 0.05) is 23.2 Å². The monoisotopic (exact) mass is 361 g/mol. The molecule has 0 spiro atoms. The third kappa shape index (κ3) is 2.52. The molecule has 3 aromatic rings. The molecule has 5 nitrogen and oxygen atoms in total. The highest BCUT2D eigenvalue weighted by molar-refractivity contribution is 6.36. The Bertz CT molecular complexity index is 892. The smallest absolute Gasteiger partial charge is 0.255 e. The van der Waals surface area contributed by atoms with E-state index in [0.717, 1.165) is 36.3 Å². The van der Waals surface area contributed by atoms with Crippen molar-refractivity contribution in [2.45, 2.75) is 32.2 Å². The van der Waals surface area contributed by atoms with Crippen molar-refractivity contribution < 1.29 is 0 Å². The highest BCUT2D eigenvalue weighted by Crippen LogP contribution is 2.41. The van der Waals surface area contributed by atoms with E-state index in [1.54, 1.807) is 4.52 Å². The van der Waals surface area contributed by atoms with Crippen LogP contribution in [0.25, 0.3) is 16.9 Å². The molecular formula is C17H17Cl2N5. The molecule has 3 heterocycles. The molecule has 0 bridgehead atoms. The van der Waals surface area contributed by atoms with Gasteiger partial charge in [0.05, 0.1) is 5.56 Å². The molecule has 0 N–H and O–H groups in total. The van der Waals surface area contributed by atoms with E-state index in [-0.39, 0.29) is 0 Å². The molecule has 1 fully saturated rings. The number of hydrogen-bond donors (Lipinski definition) is 0. The lowest BCUT2D eigenvalue weighted by Gasteiger charge is -2.36. The van der Waals surface area contributed by atoms with Crippen molar-refractivity contribution in [3.05, 3.63) is 40.8 Å². The number of benzene rings is 1. The summed E-state index contributed by atoms with van der Waals surface area (Å²) in [6, 6.07) is 8.08. The van der Waals surface area contributed by atoms with Crippen LogP contribution in [0.3, 0.4) is 0 Å². The fraction of sp³-hybridized carbons (Fsp3) is 0.353. The van der Waals surface area contributed by atoms with Crippen molar-refractivity contribution >= 4 is 34.8 Å². The lowest BCUT2D eigenvalue weighted by atomic mass is 10.0. The summed E-state index contributed by atoms with van der Waals surface area (Å²) >= 11 is 13.0. The highest BCUT2D eigenvalue weighted by atomic mass is 35.5. The summed E-state index contributed by atoms with van der Waals surface area (Å²) in [6.45, 7) is 3.18. The van der Waals surface area contributed by atoms with Crippen LogP contribution >= 0.6 is 23.2 Å². The molecular weight excluding hydrogens is 345 g/mol. The van der Waals surface area contributed by atoms with E-state index in [1.165, 1.54) is 12.7 Å². The maximum Gasteiger partial charge on any atom is 0.255 e. The fourth-order valence-corrected chi connectivity index (χ4v) is 3.87. The largest absolute Gasteiger partial charge is 0.353 e. The van der Waals surface area contributed by atoms with Gasteiger partial charge < -0.3 is 4.90 Å². The van der Waals surface area contributed by atoms with Gasteiger partial charge in [-0.3, -0.25) is 0 Å². The van der Waals surface area contributed by atoms with E-state index in [0.29, 0.717) is 22.0 Å². The normalized spacial score (nSPS) is 18.3. The number of nitrogens with zero attached hydrogens (tertiary/aromatic N) is 5. The standard InChI is InChI=1S/C17H17Cl2N5/c1-11-6-4-5-9-23(11)16-14(12-7-2-3-8-13(12)18)15(19)22-17-20-10-21-24(16)17/h2-3,7-8,10-11H,4-6,9H2,1H3. The quantitative estimate of drug-likeness (QED) is 0.631. The zero-order valence-corrected chi connectivity index (χ0v) is 14.8. The van der Waals surface area contributed by atoms with Gasteiger partial charge in [0.2, 0.25) is 0 Å². The van der Waals surface area contributed by atoms with Gasteiger partial charge in [0.15, 0.2) is 0 Å². The predicted octanol–water partition coefficient (Wildman–Crippen LogP) is 4.48. The molecule has 0 amide bonds. The van der Waals surface area contributed by atoms with Gasteiger partial charge in [-0.05, 0) is 32.3 Å². The van der Waals surface area contributed by atoms with Gasteiger partial charge in [-0.2, -0.15) is 19.6 Å². The molecule has 0 radical (unpaired) electrons. The first-order valence-corrected chi connectivity index (χ1v) is 8.83. The van der Waals surface area contributed by atoms with E-state index < -0.39 is 0 Å². The van der Waals surface area contributed by atoms with Crippen molar-refractivity contribution in [1.29, 1.82) is 0 Å². The number of halogens is 2. The molecule has 7 heteroatoms. The summed E-state index contributed by atoms with van der Waals surface area (Å²) in [5.74, 6) is 1.42. The van der Waals surface area contributed by atoms with Crippen LogP contribution in [0.15, 0.2) is 30.6 Å². The second-order valence-corrected chi connectivity index (χ2v) is 6.86. The van der Waals surface area contributed by atoms with E-state index in [4.69, 9.17) is 23.2 Å². The third-order valence-electron chi connectivity index (χ3n) is 4.58. The summed E-state index contributed by atoms with van der Waals surface area (Å²) in [5.41, 5.74) is 1.68. The number of rotatable bonds is 2. The van der Waals surface area contributed by atoms with Crippen molar-refractivity contribution in [1.82, 2.24) is 19.6 Å². The lowest BCUT2D eigenvalue weighted by molar-refractivity contribution is 0.478. The van der Waals surface area contributed by atoms with Gasteiger partial charge in [-0.1, -0.05) is 41.4 Å². The maximum atomic E-state index is 6.56. The number of aromatic nitrogens is 4. The Balaban J connectivity index is 2.03. The lowest BCUT2D eigenvalue weighted by Crippen LogP contribution is -2.39. The van der Waals surface area contributed by atoms with Gasteiger partial charge in [-0.25, -0.2) is 0 Å². The molecule has 1 aliphatic heterocycles. The first kappa shape index (κ1) is 15.7. The number of piperidine rings is 1. The van der Waals surface area contributed by atoms with Gasteiger partial charge in [0.1, 0.15) is 17.3 Å². The molecule has 4 rings (SSSR count). The maximum absolute atomic E-state index is 6.56. The first-order chi connectivity index (χ1) is 11.7. The minimum atomic E-state index is 0.394. The Morgan fingerprint density at radius 3 is 2.79 bits per heavy atom. The summed E-state index contributed by atoms with van der Waals surface area (Å²) in [7, 11) is 0. The van der Waals surface area contributed by atoms with Gasteiger partial charge >= 0.3 is 0 Å². The van der Waals surface area contributed by atoms with E-state index in [2.05, 4.69) is 26.9 Å². The first-order valence-electron chi connectivity index (χ1n) is 8.07. The Hall–Kier alpha value is -1.85. The van der Waals surface area contributed by atoms with Crippen molar-refractivity contribution in [2.24, 2.45) is 0 Å². The summed E-state index contributed by atoms with van der Waals surface area (Å²) in [6.07, 6.45) is 5.02. The third-order valence-corrected chi connectivity index (χ3v) is 5.18. The molecule has 1 atom stereocenters. The zero-order chi connectivity index (χ0) is 16.7. The van der Waals surface area contributed by atoms with Crippen LogP contribution in [-0.2, 0) is 0 Å². The molecule has 2 aromatic heterocycles. The summed E-state index contributed by atoms with van der Waals surface area (Å²) in [4.78, 5) is 11.0. The van der Waals surface area contributed by atoms with Crippen molar-refractivity contribution in [2.75, 3.05) is 11.4 Å². The van der Waals surface area contributed by atoms with Crippen molar-refractivity contribution in [3.8, 4) is 11.1 Å². The predicted molar refractivity (Wildman–Crippen MR) is 96.9 cm³/mol. The molecule has 0 aliphatic carbocycles. The van der Waals surface area contributed by atoms with Crippen LogP contribution < -0.4 is 4.90 Å². The molecule has 1 unspecified atom stereocenters. The number of hydrogen-bond acceptors (Lipinski definition) is 4. The van der Waals surface area contributed by atoms with Crippen LogP contribution in [-0.4, -0.2) is 32.2 Å². The Kier molecular flexibility index (Phi) is 4.06. The Morgan fingerprint density at radius 2 is 2.00 bits per heavy atom. The van der Waals surface area contributed by atoms with Gasteiger partial charge in [-0.15, -0.1) is 0 Å². The van der Waals surface area contributed by atoms with E-state index >= 15 is 0 Å². The SMILES string of the molecule is CC1CCCCN1c1c(-c2ccccc2Cl)c(Cl)nc2ncnn12. The summed E-state index contributed by atoms with van der Waals surface area (Å²) < 4.78 is 1.77. The topological polar surface area (TPSA) is 46.3 Å². The molecule has 24 heavy (non-hydrogen) atoms. The average molecular weight is 362 g/mol. The minimum Gasteiger partial charge on any atom is -0.353 e. The minimum absolute atomic E-state index is 0.394. The van der Waals surface area contributed by atoms with E-state index in [1.807, 2.05) is 24.3 Å². The molecule has 0 saturated carbocycles. The second kappa shape index (κ2) is 6.22. The second-order valence-electron chi connectivity index (χ2n) is 6.09. The van der Waals surface area contributed by atoms with Crippen LogP contribution in [0.5, 0.6) is 0 Å². The molecule has 1 aliphatic rings. The van der Waals surface area contributed by atoms with Gasteiger partial charge in [0.25, 0.3) is 5.78 Å². The average Bonchev–Trinajstić information content (AvgIpc) is 3.03. The van der Waals surface area contributed by atoms with Crippen LogP contribution in [0.4, 0.5) is 5.82 Å². The molecule has 124 valence electrons. The van der Waals surface area contributed by atoms with Crippen LogP contribution in [0.2, 0.25) is 10.2 Å². The van der Waals surface area contributed by atoms with E-state index in [9.17, 15) is 0 Å². The van der Waals surface area contributed by atoms with Crippen LogP contribution in [0.1, 0.15) is 26.2 Å². The number of fused-ring (bicyclic) bond motifs is 1. The Labute approximate surface area is 150 Å². The zero-order valence-electron chi connectivity index (χ0n) is 13.3. The molecule has 1 saturated heterocycles. The fourth-order valence-electron chi connectivity index (χ4n) is 3.38. The summed E-state index contributed by atoms with van der Waals surface area (Å²) in [5, 5.41) is 5.43. The van der Waals surface area contributed by atoms with Crippen molar-refractivity contribution in [3.63, 3.8) is 0 Å². The Morgan fingerprint density at radius 1 is 1.17 bits per heavy atom. The molecule has 1 aromatic carbocycles. The number of anilines is 1. The highest BCUT2D eigenvalue weighted by Gasteiger charge is 2.28. The van der Waals surface area contributed by atoms with Crippen LogP contribution in [0, 0.1) is 0 Å².